The number of likely N-dealkylation sites (tertiary alicyclic amines) is 1. The van der Waals surface area contributed by atoms with Crippen molar-refractivity contribution in [2.75, 3.05) is 13.1 Å². The Kier molecular flexibility index (Phi) is 3.46. The number of aromatic nitrogens is 3. The minimum absolute atomic E-state index is 0.0281. The Bertz CT molecular complexity index is 854. The predicted octanol–water partition coefficient (Wildman–Crippen LogP) is 2.93. The topological polar surface area (TPSA) is 59.0 Å². The summed E-state index contributed by atoms with van der Waals surface area (Å²) in [6.45, 7) is 1.68. The fraction of sp³-hybridized carbons (Fsp3) is 0.222. The molecule has 0 saturated carbocycles. The van der Waals surface area contributed by atoms with Crippen LogP contribution in [0, 0.1) is 0 Å². The van der Waals surface area contributed by atoms with Crippen LogP contribution in [0.4, 0.5) is 0 Å². The summed E-state index contributed by atoms with van der Waals surface area (Å²) in [6, 6.07) is 9.77. The zero-order chi connectivity index (χ0) is 15.6. The van der Waals surface area contributed by atoms with E-state index in [4.69, 9.17) is 0 Å². The predicted molar refractivity (Wildman–Crippen MR) is 87.9 cm³/mol. The molecule has 1 fully saturated rings. The molecular weight excluding hydrogens is 288 g/mol. The zero-order valence-electron chi connectivity index (χ0n) is 12.6. The number of carbonyl (C=O) groups excluding carboxylic acids is 1. The SMILES string of the molecule is O=C(c1ccc(-c2ccc3cncnc3c2)cn1)N1CCCC1. The molecule has 1 aliphatic rings. The van der Waals surface area contributed by atoms with Crippen molar-refractivity contribution in [1.29, 1.82) is 0 Å². The van der Waals surface area contributed by atoms with Gasteiger partial charge in [0.25, 0.3) is 5.91 Å². The van der Waals surface area contributed by atoms with Gasteiger partial charge < -0.3 is 4.90 Å². The van der Waals surface area contributed by atoms with E-state index >= 15 is 0 Å². The molecular formula is C18H16N4O. The van der Waals surface area contributed by atoms with Gasteiger partial charge in [-0.2, -0.15) is 0 Å². The number of benzene rings is 1. The molecule has 0 bridgehead atoms. The van der Waals surface area contributed by atoms with E-state index in [0.29, 0.717) is 5.69 Å². The van der Waals surface area contributed by atoms with Gasteiger partial charge in [-0.15, -0.1) is 0 Å². The third-order valence-electron chi connectivity index (χ3n) is 4.22. The number of hydrogen-bond donors (Lipinski definition) is 0. The van der Waals surface area contributed by atoms with Crippen LogP contribution in [0.2, 0.25) is 0 Å². The smallest absolute Gasteiger partial charge is 0.272 e. The van der Waals surface area contributed by atoms with E-state index in [0.717, 1.165) is 48.0 Å². The van der Waals surface area contributed by atoms with Gasteiger partial charge >= 0.3 is 0 Å². The van der Waals surface area contributed by atoms with Crippen LogP contribution in [-0.2, 0) is 0 Å². The quantitative estimate of drug-likeness (QED) is 0.730. The summed E-state index contributed by atoms with van der Waals surface area (Å²) >= 11 is 0. The first-order chi connectivity index (χ1) is 11.3. The van der Waals surface area contributed by atoms with Gasteiger partial charge in [-0.3, -0.25) is 9.78 Å². The highest BCUT2D eigenvalue weighted by atomic mass is 16.2. The second-order valence-electron chi connectivity index (χ2n) is 5.73. The maximum Gasteiger partial charge on any atom is 0.272 e. The molecule has 0 spiro atoms. The van der Waals surface area contributed by atoms with Crippen molar-refractivity contribution >= 4 is 16.8 Å². The number of carbonyl (C=O) groups is 1. The van der Waals surface area contributed by atoms with Crippen LogP contribution in [0.5, 0.6) is 0 Å². The molecule has 2 aromatic heterocycles. The highest BCUT2D eigenvalue weighted by Gasteiger charge is 2.20. The number of fused-ring (bicyclic) bond motifs is 1. The number of amides is 1. The summed E-state index contributed by atoms with van der Waals surface area (Å²) in [4.78, 5) is 26.8. The van der Waals surface area contributed by atoms with Crippen molar-refractivity contribution in [1.82, 2.24) is 19.9 Å². The molecule has 114 valence electrons. The standard InChI is InChI=1S/C18H16N4O/c23-18(22-7-1-2-8-22)16-6-5-14(11-20-16)13-3-4-15-10-19-12-21-17(15)9-13/h3-6,9-12H,1-2,7-8H2. The van der Waals surface area contributed by atoms with Crippen LogP contribution in [-0.4, -0.2) is 38.8 Å². The van der Waals surface area contributed by atoms with Gasteiger partial charge in [0.05, 0.1) is 5.52 Å². The zero-order valence-corrected chi connectivity index (χ0v) is 12.6. The normalized spacial score (nSPS) is 14.3. The first kappa shape index (κ1) is 13.8. The molecule has 3 aromatic rings. The van der Waals surface area contributed by atoms with Crippen molar-refractivity contribution in [3.8, 4) is 11.1 Å². The number of pyridine rings is 1. The first-order valence-electron chi connectivity index (χ1n) is 7.77. The maximum atomic E-state index is 12.3. The lowest BCUT2D eigenvalue weighted by Crippen LogP contribution is -2.28. The summed E-state index contributed by atoms with van der Waals surface area (Å²) in [5.41, 5.74) is 3.42. The van der Waals surface area contributed by atoms with E-state index in [9.17, 15) is 4.79 Å². The third kappa shape index (κ3) is 2.65. The summed E-state index contributed by atoms with van der Waals surface area (Å²) in [7, 11) is 0. The molecule has 5 nitrogen and oxygen atoms in total. The van der Waals surface area contributed by atoms with Gasteiger partial charge in [0.1, 0.15) is 12.0 Å². The minimum Gasteiger partial charge on any atom is -0.337 e. The molecule has 1 saturated heterocycles. The lowest BCUT2D eigenvalue weighted by atomic mass is 10.1. The third-order valence-corrected chi connectivity index (χ3v) is 4.22. The minimum atomic E-state index is 0.0281. The average Bonchev–Trinajstić information content (AvgIpc) is 3.15. The number of rotatable bonds is 2. The van der Waals surface area contributed by atoms with E-state index in [1.807, 2.05) is 29.2 Å². The Hall–Kier alpha value is -2.82. The molecule has 1 amide bonds. The number of hydrogen-bond acceptors (Lipinski definition) is 4. The Labute approximate surface area is 134 Å². The second-order valence-corrected chi connectivity index (χ2v) is 5.73. The van der Waals surface area contributed by atoms with Gasteiger partial charge in [0.15, 0.2) is 0 Å². The summed E-state index contributed by atoms with van der Waals surface area (Å²) < 4.78 is 0. The van der Waals surface area contributed by atoms with Crippen LogP contribution in [0.25, 0.3) is 22.0 Å². The van der Waals surface area contributed by atoms with Gasteiger partial charge in [-0.1, -0.05) is 18.2 Å². The van der Waals surface area contributed by atoms with E-state index < -0.39 is 0 Å². The fourth-order valence-corrected chi connectivity index (χ4v) is 2.93. The molecule has 3 heterocycles. The van der Waals surface area contributed by atoms with Gasteiger partial charge in [-0.05, 0) is 30.5 Å². The molecule has 4 rings (SSSR count). The Morgan fingerprint density at radius 2 is 1.78 bits per heavy atom. The fourth-order valence-electron chi connectivity index (χ4n) is 2.93. The monoisotopic (exact) mass is 304 g/mol. The Morgan fingerprint density at radius 3 is 2.57 bits per heavy atom. The van der Waals surface area contributed by atoms with Crippen molar-refractivity contribution in [2.24, 2.45) is 0 Å². The van der Waals surface area contributed by atoms with Crippen LogP contribution >= 0.6 is 0 Å². The van der Waals surface area contributed by atoms with Gasteiger partial charge in [0.2, 0.25) is 0 Å². The van der Waals surface area contributed by atoms with E-state index in [1.54, 1.807) is 24.8 Å². The van der Waals surface area contributed by atoms with Crippen molar-refractivity contribution in [2.45, 2.75) is 12.8 Å². The molecule has 1 aliphatic heterocycles. The van der Waals surface area contributed by atoms with E-state index in [2.05, 4.69) is 15.0 Å². The molecule has 1 aromatic carbocycles. The molecule has 0 unspecified atom stereocenters. The summed E-state index contributed by atoms with van der Waals surface area (Å²) in [5.74, 6) is 0.0281. The molecule has 0 radical (unpaired) electrons. The first-order valence-corrected chi connectivity index (χ1v) is 7.77. The largest absolute Gasteiger partial charge is 0.337 e. The summed E-state index contributed by atoms with van der Waals surface area (Å²) in [5, 5.41) is 1.00. The number of nitrogens with zero attached hydrogens (tertiary/aromatic N) is 4. The molecule has 0 atom stereocenters. The Morgan fingerprint density at radius 1 is 0.957 bits per heavy atom. The summed E-state index contributed by atoms with van der Waals surface area (Å²) in [6.07, 6.45) is 7.27. The average molecular weight is 304 g/mol. The van der Waals surface area contributed by atoms with Crippen LogP contribution in [0.15, 0.2) is 49.1 Å². The van der Waals surface area contributed by atoms with Crippen molar-refractivity contribution in [3.05, 3.63) is 54.7 Å². The van der Waals surface area contributed by atoms with Crippen molar-refractivity contribution in [3.63, 3.8) is 0 Å². The van der Waals surface area contributed by atoms with Crippen molar-refractivity contribution < 1.29 is 4.79 Å². The highest BCUT2D eigenvalue weighted by molar-refractivity contribution is 5.93. The van der Waals surface area contributed by atoms with E-state index in [-0.39, 0.29) is 5.91 Å². The van der Waals surface area contributed by atoms with Crippen LogP contribution < -0.4 is 0 Å². The lowest BCUT2D eigenvalue weighted by molar-refractivity contribution is 0.0787. The van der Waals surface area contributed by atoms with Crippen LogP contribution in [0.1, 0.15) is 23.3 Å². The molecule has 0 aliphatic carbocycles. The van der Waals surface area contributed by atoms with Gasteiger partial charge in [-0.25, -0.2) is 9.97 Å². The maximum absolute atomic E-state index is 12.3. The van der Waals surface area contributed by atoms with E-state index in [1.165, 1.54) is 0 Å². The van der Waals surface area contributed by atoms with Crippen LogP contribution in [0.3, 0.4) is 0 Å². The molecule has 0 N–H and O–H groups in total. The molecule has 5 heteroatoms. The lowest BCUT2D eigenvalue weighted by Gasteiger charge is -2.14. The van der Waals surface area contributed by atoms with Gasteiger partial charge in [0, 0.05) is 36.4 Å². The second kappa shape index (κ2) is 5.76. The highest BCUT2D eigenvalue weighted by Crippen LogP contribution is 2.23. The molecule has 23 heavy (non-hydrogen) atoms. The Balaban J connectivity index is 1.62.